The standard InChI is InChI=1S/C15H18O8/c1-8(16)21-7-9-2-4-10(5-3-9)22-12-6-11(17)13(18)14(23-12)15(19)20/h2-5,11-14,17-18H,6-7H2,1H3,(H,19,20)/t11-,12-,13+,14+/m1/s1. The number of aliphatic carboxylic acids is 1. The zero-order valence-electron chi connectivity index (χ0n) is 12.4. The minimum Gasteiger partial charge on any atom is -0.479 e. The number of aliphatic hydroxyl groups excluding tert-OH is 2. The Labute approximate surface area is 132 Å². The first kappa shape index (κ1) is 17.2. The average Bonchev–Trinajstić information content (AvgIpc) is 2.49. The van der Waals surface area contributed by atoms with Crippen molar-refractivity contribution >= 4 is 11.9 Å². The van der Waals surface area contributed by atoms with E-state index in [0.717, 1.165) is 5.56 Å². The third kappa shape index (κ3) is 4.65. The molecule has 0 radical (unpaired) electrons. The van der Waals surface area contributed by atoms with Crippen molar-refractivity contribution < 1.29 is 39.1 Å². The molecule has 2 rings (SSSR count). The number of carbonyl (C=O) groups is 2. The van der Waals surface area contributed by atoms with Crippen LogP contribution < -0.4 is 4.74 Å². The molecule has 1 aliphatic heterocycles. The lowest BCUT2D eigenvalue weighted by Crippen LogP contribution is -2.53. The van der Waals surface area contributed by atoms with Crippen LogP contribution in [0.4, 0.5) is 0 Å². The second kappa shape index (κ2) is 7.40. The van der Waals surface area contributed by atoms with E-state index < -0.39 is 30.6 Å². The average molecular weight is 326 g/mol. The van der Waals surface area contributed by atoms with E-state index in [1.807, 2.05) is 0 Å². The summed E-state index contributed by atoms with van der Waals surface area (Å²) < 4.78 is 15.5. The number of hydrogen-bond donors (Lipinski definition) is 3. The van der Waals surface area contributed by atoms with Gasteiger partial charge in [0.2, 0.25) is 6.29 Å². The minimum atomic E-state index is -1.55. The van der Waals surface area contributed by atoms with E-state index in [0.29, 0.717) is 5.75 Å². The summed E-state index contributed by atoms with van der Waals surface area (Å²) in [6, 6.07) is 6.58. The summed E-state index contributed by atoms with van der Waals surface area (Å²) in [4.78, 5) is 21.7. The first-order chi connectivity index (χ1) is 10.9. The Kier molecular flexibility index (Phi) is 5.54. The van der Waals surface area contributed by atoms with Gasteiger partial charge in [-0.2, -0.15) is 0 Å². The molecule has 1 aromatic rings. The minimum absolute atomic E-state index is 0.0554. The first-order valence-electron chi connectivity index (χ1n) is 7.00. The molecule has 0 saturated carbocycles. The van der Waals surface area contributed by atoms with Gasteiger partial charge >= 0.3 is 11.9 Å². The summed E-state index contributed by atoms with van der Waals surface area (Å²) in [6.07, 6.45) is -5.35. The Morgan fingerprint density at radius 3 is 2.48 bits per heavy atom. The van der Waals surface area contributed by atoms with Gasteiger partial charge in [-0.25, -0.2) is 4.79 Å². The molecule has 1 heterocycles. The monoisotopic (exact) mass is 326 g/mol. The maximum absolute atomic E-state index is 11.0. The molecule has 8 heteroatoms. The van der Waals surface area contributed by atoms with Crippen LogP contribution in [0.1, 0.15) is 18.9 Å². The summed E-state index contributed by atoms with van der Waals surface area (Å²) in [5.74, 6) is -1.36. The van der Waals surface area contributed by atoms with Gasteiger partial charge in [0.05, 0.1) is 6.10 Å². The number of rotatable bonds is 5. The number of benzene rings is 1. The molecule has 0 aromatic heterocycles. The number of aliphatic hydroxyl groups is 2. The van der Waals surface area contributed by atoms with Crippen LogP contribution in [-0.4, -0.2) is 51.9 Å². The van der Waals surface area contributed by atoms with Crippen LogP contribution in [0.15, 0.2) is 24.3 Å². The zero-order valence-corrected chi connectivity index (χ0v) is 12.4. The first-order valence-corrected chi connectivity index (χ1v) is 7.00. The quantitative estimate of drug-likeness (QED) is 0.649. The molecule has 3 N–H and O–H groups in total. The zero-order chi connectivity index (χ0) is 17.0. The van der Waals surface area contributed by atoms with Crippen LogP contribution in [0.2, 0.25) is 0 Å². The van der Waals surface area contributed by atoms with E-state index >= 15 is 0 Å². The number of hydrogen-bond acceptors (Lipinski definition) is 7. The molecule has 0 amide bonds. The summed E-state index contributed by atoms with van der Waals surface area (Å²) >= 11 is 0. The van der Waals surface area contributed by atoms with Crippen molar-refractivity contribution in [3.8, 4) is 5.75 Å². The fourth-order valence-electron chi connectivity index (χ4n) is 2.12. The van der Waals surface area contributed by atoms with Gasteiger partial charge in [0.1, 0.15) is 18.5 Å². The molecule has 1 aliphatic rings. The maximum atomic E-state index is 11.0. The van der Waals surface area contributed by atoms with Gasteiger partial charge in [-0.1, -0.05) is 12.1 Å². The highest BCUT2D eigenvalue weighted by Gasteiger charge is 2.41. The molecule has 4 atom stereocenters. The summed E-state index contributed by atoms with van der Waals surface area (Å²) in [5, 5.41) is 28.2. The van der Waals surface area contributed by atoms with Crippen LogP contribution in [0.3, 0.4) is 0 Å². The normalized spacial score (nSPS) is 27.3. The van der Waals surface area contributed by atoms with Crippen molar-refractivity contribution in [2.45, 2.75) is 44.6 Å². The van der Waals surface area contributed by atoms with E-state index in [9.17, 15) is 19.8 Å². The molecular formula is C15H18O8. The highest BCUT2D eigenvalue weighted by Crippen LogP contribution is 2.24. The van der Waals surface area contributed by atoms with E-state index in [1.54, 1.807) is 24.3 Å². The molecule has 23 heavy (non-hydrogen) atoms. The number of esters is 1. The topological polar surface area (TPSA) is 123 Å². The van der Waals surface area contributed by atoms with Gasteiger partial charge in [-0.05, 0) is 17.7 Å². The van der Waals surface area contributed by atoms with Gasteiger partial charge in [0.25, 0.3) is 0 Å². The van der Waals surface area contributed by atoms with E-state index in [-0.39, 0.29) is 19.0 Å². The SMILES string of the molecule is CC(=O)OCc1ccc(O[C@H]2C[C@@H](O)[C@H](O)[C@@H](C(=O)O)O2)cc1. The fraction of sp³-hybridized carbons (Fsp3) is 0.467. The summed E-state index contributed by atoms with van der Waals surface area (Å²) in [7, 11) is 0. The Morgan fingerprint density at radius 2 is 1.91 bits per heavy atom. The molecule has 0 aliphatic carbocycles. The predicted molar refractivity (Wildman–Crippen MR) is 75.5 cm³/mol. The Hall–Kier alpha value is -2.16. The third-order valence-electron chi connectivity index (χ3n) is 3.31. The Balaban J connectivity index is 1.96. The highest BCUT2D eigenvalue weighted by atomic mass is 16.7. The lowest BCUT2D eigenvalue weighted by atomic mass is 10.0. The van der Waals surface area contributed by atoms with E-state index in [4.69, 9.17) is 19.3 Å². The molecular weight excluding hydrogens is 308 g/mol. The predicted octanol–water partition coefficient (Wildman–Crippen LogP) is 0.0499. The van der Waals surface area contributed by atoms with E-state index in [1.165, 1.54) is 6.92 Å². The van der Waals surface area contributed by atoms with Gasteiger partial charge < -0.3 is 29.5 Å². The van der Waals surface area contributed by atoms with Crippen molar-refractivity contribution in [1.29, 1.82) is 0 Å². The molecule has 126 valence electrons. The van der Waals surface area contributed by atoms with Gasteiger partial charge in [-0.3, -0.25) is 4.79 Å². The van der Waals surface area contributed by atoms with Crippen molar-refractivity contribution in [3.05, 3.63) is 29.8 Å². The Morgan fingerprint density at radius 1 is 1.26 bits per heavy atom. The van der Waals surface area contributed by atoms with Crippen molar-refractivity contribution in [2.75, 3.05) is 0 Å². The van der Waals surface area contributed by atoms with Crippen molar-refractivity contribution in [1.82, 2.24) is 0 Å². The van der Waals surface area contributed by atoms with Crippen LogP contribution in [0.25, 0.3) is 0 Å². The maximum Gasteiger partial charge on any atom is 0.335 e. The number of ether oxygens (including phenoxy) is 3. The number of carbonyl (C=O) groups excluding carboxylic acids is 1. The molecule has 0 bridgehead atoms. The van der Waals surface area contributed by atoms with Crippen molar-refractivity contribution in [2.24, 2.45) is 0 Å². The summed E-state index contributed by atoms with van der Waals surface area (Å²) in [6.45, 7) is 1.46. The molecule has 8 nitrogen and oxygen atoms in total. The second-order valence-electron chi connectivity index (χ2n) is 5.16. The molecule has 1 aromatic carbocycles. The van der Waals surface area contributed by atoms with Crippen LogP contribution in [0.5, 0.6) is 5.75 Å². The second-order valence-corrected chi connectivity index (χ2v) is 5.16. The smallest absolute Gasteiger partial charge is 0.335 e. The largest absolute Gasteiger partial charge is 0.479 e. The molecule has 0 spiro atoms. The lowest BCUT2D eigenvalue weighted by molar-refractivity contribution is -0.228. The van der Waals surface area contributed by atoms with Gasteiger partial charge in [0.15, 0.2) is 6.10 Å². The van der Waals surface area contributed by atoms with Crippen LogP contribution in [0, 0.1) is 0 Å². The summed E-state index contributed by atoms with van der Waals surface area (Å²) in [5.41, 5.74) is 0.760. The number of carboxylic acids is 1. The molecule has 1 saturated heterocycles. The lowest BCUT2D eigenvalue weighted by Gasteiger charge is -2.34. The van der Waals surface area contributed by atoms with E-state index in [2.05, 4.69) is 0 Å². The van der Waals surface area contributed by atoms with Crippen LogP contribution >= 0.6 is 0 Å². The van der Waals surface area contributed by atoms with Gasteiger partial charge in [-0.15, -0.1) is 0 Å². The number of carboxylic acid groups (broad SMARTS) is 1. The Bertz CT molecular complexity index is 555. The van der Waals surface area contributed by atoms with Crippen molar-refractivity contribution in [3.63, 3.8) is 0 Å². The van der Waals surface area contributed by atoms with Gasteiger partial charge in [0, 0.05) is 13.3 Å². The molecule has 1 fully saturated rings. The highest BCUT2D eigenvalue weighted by molar-refractivity contribution is 5.73. The molecule has 0 unspecified atom stereocenters. The fourth-order valence-corrected chi connectivity index (χ4v) is 2.12. The van der Waals surface area contributed by atoms with Crippen LogP contribution in [-0.2, 0) is 25.7 Å². The third-order valence-corrected chi connectivity index (χ3v) is 3.31.